The molecule has 0 aliphatic heterocycles. The Kier molecular flexibility index (Phi) is 2.81. The number of thiazole rings is 1. The van der Waals surface area contributed by atoms with E-state index in [0.29, 0.717) is 0 Å². The minimum absolute atomic E-state index is 0.737. The molecule has 104 valence electrons. The van der Waals surface area contributed by atoms with Crippen LogP contribution in [0.1, 0.15) is 11.1 Å². The number of hydrogen-bond donors (Lipinski definition) is 0. The molecule has 0 bridgehead atoms. The van der Waals surface area contributed by atoms with Crippen LogP contribution in [0.5, 0.6) is 0 Å². The highest BCUT2D eigenvalue weighted by Gasteiger charge is 2.13. The number of halogens is 1. The summed E-state index contributed by atoms with van der Waals surface area (Å²) < 4.78 is 3.45. The summed E-state index contributed by atoms with van der Waals surface area (Å²) in [4.78, 5) is 5.76. The predicted octanol–water partition coefficient (Wildman–Crippen LogP) is 5.49. The largest absolute Gasteiger partial charge is 0.289 e. The highest BCUT2D eigenvalue weighted by atomic mass is 35.5. The fourth-order valence-electron chi connectivity index (χ4n) is 2.65. The monoisotopic (exact) mass is 312 g/mol. The van der Waals surface area contributed by atoms with Crippen LogP contribution in [0.3, 0.4) is 0 Å². The maximum Gasteiger partial charge on any atom is 0.195 e. The molecule has 0 N–H and O–H groups in total. The Morgan fingerprint density at radius 3 is 2.71 bits per heavy atom. The number of aromatic nitrogens is 2. The van der Waals surface area contributed by atoms with Gasteiger partial charge in [-0.25, -0.2) is 4.98 Å². The molecule has 2 nitrogen and oxygen atoms in total. The molecule has 0 saturated heterocycles. The molecule has 4 heteroatoms. The Hall–Kier alpha value is -1.84. The van der Waals surface area contributed by atoms with Crippen LogP contribution >= 0.6 is 22.9 Å². The zero-order valence-electron chi connectivity index (χ0n) is 11.7. The predicted molar refractivity (Wildman–Crippen MR) is 90.5 cm³/mol. The van der Waals surface area contributed by atoms with Gasteiger partial charge in [0.2, 0.25) is 0 Å². The second kappa shape index (κ2) is 4.58. The standard InChI is InChI=1S/C17H13ClN2S/c1-10-7-8-15-16(11(10)2)20-9-14(19-17(20)21-15)12-5-3-4-6-13(12)18/h3-9H,1-2H3. The number of nitrogens with zero attached hydrogens (tertiary/aromatic N) is 2. The minimum Gasteiger partial charge on any atom is -0.289 e. The van der Waals surface area contributed by atoms with E-state index < -0.39 is 0 Å². The van der Waals surface area contributed by atoms with Crippen molar-refractivity contribution >= 4 is 38.1 Å². The highest BCUT2D eigenvalue weighted by Crippen LogP contribution is 2.34. The Labute approximate surface area is 131 Å². The second-order valence-electron chi connectivity index (χ2n) is 5.21. The van der Waals surface area contributed by atoms with Crippen molar-refractivity contribution in [1.82, 2.24) is 9.38 Å². The van der Waals surface area contributed by atoms with Gasteiger partial charge in [-0.05, 0) is 37.1 Å². The third-order valence-corrected chi connectivity index (χ3v) is 5.28. The number of rotatable bonds is 1. The van der Waals surface area contributed by atoms with E-state index in [9.17, 15) is 0 Å². The van der Waals surface area contributed by atoms with Gasteiger partial charge in [0.15, 0.2) is 4.96 Å². The van der Waals surface area contributed by atoms with Crippen molar-refractivity contribution in [3.8, 4) is 11.3 Å². The van der Waals surface area contributed by atoms with Crippen LogP contribution in [-0.4, -0.2) is 9.38 Å². The first-order chi connectivity index (χ1) is 10.1. The maximum absolute atomic E-state index is 6.28. The first kappa shape index (κ1) is 12.9. The van der Waals surface area contributed by atoms with Crippen molar-refractivity contribution in [2.75, 3.05) is 0 Å². The quantitative estimate of drug-likeness (QED) is 0.454. The summed E-state index contributed by atoms with van der Waals surface area (Å²) in [5.74, 6) is 0. The first-order valence-electron chi connectivity index (χ1n) is 6.78. The van der Waals surface area contributed by atoms with E-state index in [1.165, 1.54) is 21.3 Å². The molecule has 4 rings (SSSR count). The summed E-state index contributed by atoms with van der Waals surface area (Å²) in [6.07, 6.45) is 2.09. The van der Waals surface area contributed by atoms with E-state index in [1.54, 1.807) is 11.3 Å². The molecule has 0 aliphatic carbocycles. The lowest BCUT2D eigenvalue weighted by atomic mass is 10.1. The molecule has 0 fully saturated rings. The van der Waals surface area contributed by atoms with Crippen molar-refractivity contribution in [2.45, 2.75) is 13.8 Å². The van der Waals surface area contributed by atoms with Gasteiger partial charge < -0.3 is 0 Å². The zero-order valence-corrected chi connectivity index (χ0v) is 13.3. The van der Waals surface area contributed by atoms with Crippen molar-refractivity contribution in [3.63, 3.8) is 0 Å². The van der Waals surface area contributed by atoms with Gasteiger partial charge in [-0.3, -0.25) is 4.40 Å². The highest BCUT2D eigenvalue weighted by molar-refractivity contribution is 7.23. The SMILES string of the molecule is Cc1ccc2sc3nc(-c4ccccc4Cl)cn3c2c1C. The van der Waals surface area contributed by atoms with Crippen LogP contribution in [0, 0.1) is 13.8 Å². The van der Waals surface area contributed by atoms with Gasteiger partial charge in [-0.1, -0.05) is 47.2 Å². The summed E-state index contributed by atoms with van der Waals surface area (Å²) >= 11 is 8.00. The van der Waals surface area contributed by atoms with Crippen LogP contribution in [0.2, 0.25) is 5.02 Å². The van der Waals surface area contributed by atoms with E-state index in [4.69, 9.17) is 16.6 Å². The summed E-state index contributed by atoms with van der Waals surface area (Å²) in [6.45, 7) is 4.31. The van der Waals surface area contributed by atoms with Crippen LogP contribution in [0.4, 0.5) is 0 Å². The topological polar surface area (TPSA) is 17.3 Å². The Balaban J connectivity index is 2.04. The maximum atomic E-state index is 6.28. The molecule has 0 amide bonds. The molecule has 4 aromatic rings. The fraction of sp³-hybridized carbons (Fsp3) is 0.118. The number of benzene rings is 2. The van der Waals surface area contributed by atoms with E-state index in [2.05, 4.69) is 36.6 Å². The van der Waals surface area contributed by atoms with Gasteiger partial charge in [-0.15, -0.1) is 0 Å². The van der Waals surface area contributed by atoms with E-state index in [0.717, 1.165) is 21.2 Å². The molecule has 2 aromatic carbocycles. The molecular formula is C17H13ClN2S. The van der Waals surface area contributed by atoms with Gasteiger partial charge in [0.25, 0.3) is 0 Å². The average Bonchev–Trinajstić information content (AvgIpc) is 3.01. The minimum atomic E-state index is 0.737. The van der Waals surface area contributed by atoms with E-state index in [-0.39, 0.29) is 0 Å². The lowest BCUT2D eigenvalue weighted by Gasteiger charge is -2.02. The van der Waals surface area contributed by atoms with Crippen molar-refractivity contribution in [2.24, 2.45) is 0 Å². The van der Waals surface area contributed by atoms with Crippen LogP contribution in [0.25, 0.3) is 26.4 Å². The number of fused-ring (bicyclic) bond motifs is 3. The van der Waals surface area contributed by atoms with E-state index >= 15 is 0 Å². The lowest BCUT2D eigenvalue weighted by Crippen LogP contribution is -1.85. The zero-order chi connectivity index (χ0) is 14.6. The van der Waals surface area contributed by atoms with Gasteiger partial charge in [0, 0.05) is 11.8 Å². The molecule has 0 aliphatic rings. The van der Waals surface area contributed by atoms with Crippen molar-refractivity contribution in [1.29, 1.82) is 0 Å². The molecule has 0 unspecified atom stereocenters. The average molecular weight is 313 g/mol. The molecule has 2 heterocycles. The number of hydrogen-bond acceptors (Lipinski definition) is 2. The number of imidazole rings is 1. The Bertz CT molecular complexity index is 981. The van der Waals surface area contributed by atoms with Gasteiger partial charge >= 0.3 is 0 Å². The summed E-state index contributed by atoms with van der Waals surface area (Å²) in [5, 5.41) is 0.737. The lowest BCUT2D eigenvalue weighted by molar-refractivity contribution is 1.25. The summed E-state index contributed by atoms with van der Waals surface area (Å²) in [7, 11) is 0. The second-order valence-corrected chi connectivity index (χ2v) is 6.63. The summed E-state index contributed by atoms with van der Waals surface area (Å²) in [5.41, 5.74) is 5.76. The Morgan fingerprint density at radius 1 is 1.10 bits per heavy atom. The van der Waals surface area contributed by atoms with Crippen LogP contribution < -0.4 is 0 Å². The first-order valence-corrected chi connectivity index (χ1v) is 7.97. The van der Waals surface area contributed by atoms with Gasteiger partial charge in [0.05, 0.1) is 20.9 Å². The van der Waals surface area contributed by atoms with Crippen LogP contribution in [-0.2, 0) is 0 Å². The third kappa shape index (κ3) is 1.88. The normalized spacial score (nSPS) is 11.6. The van der Waals surface area contributed by atoms with Crippen molar-refractivity contribution < 1.29 is 0 Å². The van der Waals surface area contributed by atoms with E-state index in [1.807, 2.05) is 24.3 Å². The van der Waals surface area contributed by atoms with Crippen molar-refractivity contribution in [3.05, 3.63) is 58.7 Å². The molecule has 0 spiro atoms. The summed E-state index contributed by atoms with van der Waals surface area (Å²) in [6, 6.07) is 12.2. The molecule has 0 saturated carbocycles. The fourth-order valence-corrected chi connectivity index (χ4v) is 3.95. The molecule has 21 heavy (non-hydrogen) atoms. The van der Waals surface area contributed by atoms with Gasteiger partial charge in [-0.2, -0.15) is 0 Å². The van der Waals surface area contributed by atoms with Crippen LogP contribution in [0.15, 0.2) is 42.6 Å². The molecule has 2 aromatic heterocycles. The smallest absolute Gasteiger partial charge is 0.195 e. The Morgan fingerprint density at radius 2 is 1.90 bits per heavy atom. The van der Waals surface area contributed by atoms with Gasteiger partial charge in [0.1, 0.15) is 0 Å². The molecule has 0 atom stereocenters. The number of aryl methyl sites for hydroxylation is 2. The molecule has 0 radical (unpaired) electrons. The third-order valence-electron chi connectivity index (χ3n) is 3.93. The molecular weight excluding hydrogens is 300 g/mol.